The number of benzene rings is 1. The van der Waals surface area contributed by atoms with Crippen LogP contribution in [-0.2, 0) is 0 Å². The maximum atomic E-state index is 10.1. The maximum Gasteiger partial charge on any atom is 0.0916 e. The first-order valence-electron chi connectivity index (χ1n) is 6.26. The molecule has 0 fully saturated rings. The predicted octanol–water partition coefficient (Wildman–Crippen LogP) is 2.13. The Morgan fingerprint density at radius 3 is 2.00 bits per heavy atom. The fraction of sp³-hybridized carbons (Fsp3) is 0.571. The van der Waals surface area contributed by atoms with Gasteiger partial charge in [-0.05, 0) is 30.8 Å². The minimum absolute atomic E-state index is 0.397. The van der Waals surface area contributed by atoms with Crippen LogP contribution in [0.4, 0.5) is 5.69 Å². The summed E-state index contributed by atoms with van der Waals surface area (Å²) < 4.78 is 0. The first-order chi connectivity index (χ1) is 8.08. The van der Waals surface area contributed by atoms with Crippen LogP contribution in [0, 0.1) is 0 Å². The minimum Gasteiger partial charge on any atom is -0.387 e. The number of nitrogens with zero attached hydrogens (tertiary/aromatic N) is 2. The highest BCUT2D eigenvalue weighted by Crippen LogP contribution is 2.18. The van der Waals surface area contributed by atoms with Crippen molar-refractivity contribution in [3.63, 3.8) is 0 Å². The standard InChI is InChI=1S/C14H24N2O/c1-5-16(6-2)11-14(17)12-7-9-13(10-8-12)15(3)4/h7-10,14,17H,5-6,11H2,1-4H3. The lowest BCUT2D eigenvalue weighted by Gasteiger charge is -2.22. The zero-order chi connectivity index (χ0) is 12.8. The molecule has 96 valence electrons. The molecule has 0 aliphatic heterocycles. The molecule has 1 atom stereocenters. The van der Waals surface area contributed by atoms with Crippen molar-refractivity contribution in [2.75, 3.05) is 38.6 Å². The third-order valence-electron chi connectivity index (χ3n) is 3.12. The highest BCUT2D eigenvalue weighted by atomic mass is 16.3. The second-order valence-electron chi connectivity index (χ2n) is 4.49. The topological polar surface area (TPSA) is 26.7 Å². The first kappa shape index (κ1) is 14.0. The Hall–Kier alpha value is -1.06. The van der Waals surface area contributed by atoms with Crippen LogP contribution in [0.25, 0.3) is 0 Å². The van der Waals surface area contributed by atoms with E-state index in [4.69, 9.17) is 0 Å². The molecule has 0 saturated carbocycles. The third kappa shape index (κ3) is 4.02. The largest absolute Gasteiger partial charge is 0.387 e. The van der Waals surface area contributed by atoms with E-state index in [2.05, 4.69) is 23.6 Å². The van der Waals surface area contributed by atoms with Crippen LogP contribution in [0.3, 0.4) is 0 Å². The highest BCUT2D eigenvalue weighted by Gasteiger charge is 2.11. The average Bonchev–Trinajstić information content (AvgIpc) is 2.35. The monoisotopic (exact) mass is 236 g/mol. The van der Waals surface area contributed by atoms with E-state index in [0.717, 1.165) is 24.3 Å². The zero-order valence-corrected chi connectivity index (χ0v) is 11.3. The van der Waals surface area contributed by atoms with E-state index in [1.807, 2.05) is 38.4 Å². The van der Waals surface area contributed by atoms with E-state index in [9.17, 15) is 5.11 Å². The molecule has 0 aromatic heterocycles. The molecule has 1 rings (SSSR count). The Bertz CT molecular complexity index is 317. The molecule has 1 aromatic rings. The van der Waals surface area contributed by atoms with Gasteiger partial charge in [-0.25, -0.2) is 0 Å². The lowest BCUT2D eigenvalue weighted by atomic mass is 10.1. The lowest BCUT2D eigenvalue weighted by Crippen LogP contribution is -2.28. The Balaban J connectivity index is 2.66. The Morgan fingerprint density at radius 2 is 1.59 bits per heavy atom. The molecular formula is C14H24N2O. The summed E-state index contributed by atoms with van der Waals surface area (Å²) in [5.74, 6) is 0. The van der Waals surface area contributed by atoms with E-state index in [1.54, 1.807) is 0 Å². The van der Waals surface area contributed by atoms with E-state index in [0.29, 0.717) is 6.54 Å². The van der Waals surface area contributed by atoms with E-state index < -0.39 is 6.10 Å². The first-order valence-corrected chi connectivity index (χ1v) is 6.26. The summed E-state index contributed by atoms with van der Waals surface area (Å²) >= 11 is 0. The summed E-state index contributed by atoms with van der Waals surface area (Å²) in [5, 5.41) is 10.1. The molecule has 0 aliphatic carbocycles. The van der Waals surface area contributed by atoms with Crippen molar-refractivity contribution in [1.29, 1.82) is 0 Å². The molecule has 1 unspecified atom stereocenters. The molecule has 0 bridgehead atoms. The molecule has 0 saturated heterocycles. The number of likely N-dealkylation sites (N-methyl/N-ethyl adjacent to an activating group) is 1. The van der Waals surface area contributed by atoms with Crippen molar-refractivity contribution >= 4 is 5.69 Å². The SMILES string of the molecule is CCN(CC)CC(O)c1ccc(N(C)C)cc1. The van der Waals surface area contributed by atoms with Crippen LogP contribution in [0.5, 0.6) is 0 Å². The van der Waals surface area contributed by atoms with E-state index in [1.165, 1.54) is 0 Å². The summed E-state index contributed by atoms with van der Waals surface area (Å²) in [7, 11) is 4.03. The maximum absolute atomic E-state index is 10.1. The number of aliphatic hydroxyl groups excluding tert-OH is 1. The van der Waals surface area contributed by atoms with Gasteiger partial charge < -0.3 is 14.9 Å². The van der Waals surface area contributed by atoms with Crippen molar-refractivity contribution in [3.05, 3.63) is 29.8 Å². The second-order valence-corrected chi connectivity index (χ2v) is 4.49. The van der Waals surface area contributed by atoms with Gasteiger partial charge in [0.2, 0.25) is 0 Å². The molecule has 1 aromatic carbocycles. The van der Waals surface area contributed by atoms with Crippen LogP contribution in [0.15, 0.2) is 24.3 Å². The molecule has 3 heteroatoms. The molecule has 3 nitrogen and oxygen atoms in total. The fourth-order valence-electron chi connectivity index (χ4n) is 1.83. The molecular weight excluding hydrogens is 212 g/mol. The second kappa shape index (κ2) is 6.62. The molecule has 0 radical (unpaired) electrons. The van der Waals surface area contributed by atoms with E-state index in [-0.39, 0.29) is 0 Å². The summed E-state index contributed by atoms with van der Waals surface area (Å²) in [6, 6.07) is 8.09. The number of hydrogen-bond donors (Lipinski definition) is 1. The van der Waals surface area contributed by atoms with Crippen LogP contribution < -0.4 is 4.90 Å². The molecule has 1 N–H and O–H groups in total. The van der Waals surface area contributed by atoms with Gasteiger partial charge in [-0.2, -0.15) is 0 Å². The predicted molar refractivity (Wildman–Crippen MR) is 73.5 cm³/mol. The van der Waals surface area contributed by atoms with Gasteiger partial charge in [0.15, 0.2) is 0 Å². The van der Waals surface area contributed by atoms with Crippen molar-refractivity contribution in [2.45, 2.75) is 20.0 Å². The summed E-state index contributed by atoms with van der Waals surface area (Å²) in [6.45, 7) is 6.89. The summed E-state index contributed by atoms with van der Waals surface area (Å²) in [4.78, 5) is 4.28. The van der Waals surface area contributed by atoms with Gasteiger partial charge in [-0.3, -0.25) is 0 Å². The number of anilines is 1. The van der Waals surface area contributed by atoms with Crippen LogP contribution in [0.2, 0.25) is 0 Å². The van der Waals surface area contributed by atoms with Crippen molar-refractivity contribution < 1.29 is 5.11 Å². The smallest absolute Gasteiger partial charge is 0.0916 e. The van der Waals surface area contributed by atoms with Gasteiger partial charge in [-0.15, -0.1) is 0 Å². The van der Waals surface area contributed by atoms with Gasteiger partial charge in [0, 0.05) is 26.3 Å². The van der Waals surface area contributed by atoms with Crippen molar-refractivity contribution in [2.24, 2.45) is 0 Å². The van der Waals surface area contributed by atoms with Crippen molar-refractivity contribution in [1.82, 2.24) is 4.90 Å². The molecule has 0 heterocycles. The van der Waals surface area contributed by atoms with Gasteiger partial charge in [-0.1, -0.05) is 26.0 Å². The molecule has 17 heavy (non-hydrogen) atoms. The zero-order valence-electron chi connectivity index (χ0n) is 11.3. The molecule has 0 spiro atoms. The highest BCUT2D eigenvalue weighted by molar-refractivity contribution is 5.46. The van der Waals surface area contributed by atoms with Gasteiger partial charge in [0.05, 0.1) is 6.10 Å². The Kier molecular flexibility index (Phi) is 5.45. The van der Waals surface area contributed by atoms with Gasteiger partial charge >= 0.3 is 0 Å². The van der Waals surface area contributed by atoms with Crippen LogP contribution in [-0.4, -0.2) is 43.7 Å². The van der Waals surface area contributed by atoms with Gasteiger partial charge in [0.1, 0.15) is 0 Å². The van der Waals surface area contributed by atoms with Crippen molar-refractivity contribution in [3.8, 4) is 0 Å². The molecule has 0 amide bonds. The summed E-state index contributed by atoms with van der Waals surface area (Å²) in [6.07, 6.45) is -0.397. The average molecular weight is 236 g/mol. The Morgan fingerprint density at radius 1 is 1.06 bits per heavy atom. The number of rotatable bonds is 6. The van der Waals surface area contributed by atoms with E-state index >= 15 is 0 Å². The fourth-order valence-corrected chi connectivity index (χ4v) is 1.83. The number of aliphatic hydroxyl groups is 1. The molecule has 0 aliphatic rings. The lowest BCUT2D eigenvalue weighted by molar-refractivity contribution is 0.119. The van der Waals surface area contributed by atoms with Crippen LogP contribution >= 0.6 is 0 Å². The normalized spacial score (nSPS) is 12.8. The number of hydrogen-bond acceptors (Lipinski definition) is 3. The van der Waals surface area contributed by atoms with Crippen LogP contribution in [0.1, 0.15) is 25.5 Å². The summed E-state index contributed by atoms with van der Waals surface area (Å²) in [5.41, 5.74) is 2.14. The quantitative estimate of drug-likeness (QED) is 0.819. The third-order valence-corrected chi connectivity index (χ3v) is 3.12. The minimum atomic E-state index is -0.397. The van der Waals surface area contributed by atoms with Gasteiger partial charge in [0.25, 0.3) is 0 Å². The Labute approximate surface area is 105 Å².